The Hall–Kier alpha value is -2.16. The standard InChI is InChI=1S/C15H13F3N2O3S/c1-7-8-4-5-10(15(16,17)18)19-12(8)24-11(7)13(21)20-6-2-3-9(20)14(22)23/h4-5,9H,2-3,6H2,1H3,(H,22,23). The number of aryl methyl sites for hydroxylation is 1. The van der Waals surface area contributed by atoms with Gasteiger partial charge in [0, 0.05) is 11.9 Å². The third-order valence-corrected chi connectivity index (χ3v) is 5.28. The summed E-state index contributed by atoms with van der Waals surface area (Å²) in [7, 11) is 0. The van der Waals surface area contributed by atoms with Crippen molar-refractivity contribution in [2.45, 2.75) is 32.0 Å². The fourth-order valence-corrected chi connectivity index (χ4v) is 3.99. The minimum atomic E-state index is -4.56. The van der Waals surface area contributed by atoms with E-state index in [1.165, 1.54) is 11.0 Å². The molecule has 1 amide bonds. The van der Waals surface area contributed by atoms with Crippen molar-refractivity contribution < 1.29 is 27.9 Å². The van der Waals surface area contributed by atoms with Gasteiger partial charge in [0.05, 0.1) is 4.88 Å². The second-order valence-electron chi connectivity index (χ2n) is 5.60. The topological polar surface area (TPSA) is 70.5 Å². The van der Waals surface area contributed by atoms with Crippen LogP contribution in [0.1, 0.15) is 33.8 Å². The summed E-state index contributed by atoms with van der Waals surface area (Å²) in [6, 6.07) is 1.29. The number of pyridine rings is 1. The van der Waals surface area contributed by atoms with Crippen LogP contribution < -0.4 is 0 Å². The van der Waals surface area contributed by atoms with Gasteiger partial charge in [0.2, 0.25) is 0 Å². The van der Waals surface area contributed by atoms with Gasteiger partial charge in [-0.15, -0.1) is 11.3 Å². The van der Waals surface area contributed by atoms with Crippen LogP contribution in [0.5, 0.6) is 0 Å². The smallest absolute Gasteiger partial charge is 0.433 e. The third-order valence-electron chi connectivity index (χ3n) is 4.09. The van der Waals surface area contributed by atoms with Gasteiger partial charge in [-0.3, -0.25) is 4.79 Å². The van der Waals surface area contributed by atoms with Gasteiger partial charge in [-0.2, -0.15) is 13.2 Å². The summed E-state index contributed by atoms with van der Waals surface area (Å²) in [6.45, 7) is 1.96. The Balaban J connectivity index is 2.02. The van der Waals surface area contributed by atoms with Crippen LogP contribution in [0.25, 0.3) is 10.2 Å². The van der Waals surface area contributed by atoms with E-state index in [0.29, 0.717) is 30.3 Å². The van der Waals surface area contributed by atoms with Gasteiger partial charge in [0.25, 0.3) is 5.91 Å². The van der Waals surface area contributed by atoms with Crippen LogP contribution in [0.2, 0.25) is 0 Å². The Bertz CT molecular complexity index is 831. The molecular formula is C15H13F3N2O3S. The Labute approximate surface area is 138 Å². The molecule has 0 radical (unpaired) electrons. The molecule has 24 heavy (non-hydrogen) atoms. The summed E-state index contributed by atoms with van der Waals surface area (Å²) in [5.41, 5.74) is -0.489. The van der Waals surface area contributed by atoms with E-state index >= 15 is 0 Å². The van der Waals surface area contributed by atoms with Gasteiger partial charge in [-0.1, -0.05) is 0 Å². The SMILES string of the molecule is Cc1c(C(=O)N2CCCC2C(=O)O)sc2nc(C(F)(F)F)ccc12. The van der Waals surface area contributed by atoms with Gasteiger partial charge in [0.15, 0.2) is 0 Å². The number of thiophene rings is 1. The van der Waals surface area contributed by atoms with Gasteiger partial charge < -0.3 is 10.0 Å². The Morgan fingerprint density at radius 3 is 2.71 bits per heavy atom. The van der Waals surface area contributed by atoms with Crippen LogP contribution in [0.15, 0.2) is 12.1 Å². The second kappa shape index (κ2) is 5.73. The first-order valence-electron chi connectivity index (χ1n) is 7.21. The Morgan fingerprint density at radius 1 is 1.38 bits per heavy atom. The molecular weight excluding hydrogens is 345 g/mol. The van der Waals surface area contributed by atoms with Gasteiger partial charge in [0.1, 0.15) is 16.6 Å². The van der Waals surface area contributed by atoms with E-state index in [2.05, 4.69) is 4.98 Å². The molecule has 1 aliphatic heterocycles. The highest BCUT2D eigenvalue weighted by molar-refractivity contribution is 7.20. The zero-order valence-electron chi connectivity index (χ0n) is 12.6. The predicted molar refractivity (Wildman–Crippen MR) is 81.1 cm³/mol. The number of hydrogen-bond donors (Lipinski definition) is 1. The first kappa shape index (κ1) is 16.7. The summed E-state index contributed by atoms with van der Waals surface area (Å²) in [5.74, 6) is -1.54. The molecule has 3 heterocycles. The summed E-state index contributed by atoms with van der Waals surface area (Å²) >= 11 is 0.868. The van der Waals surface area contributed by atoms with Crippen LogP contribution in [0, 0.1) is 6.92 Å². The molecule has 3 rings (SSSR count). The number of carbonyl (C=O) groups is 2. The molecule has 1 saturated heterocycles. The first-order chi connectivity index (χ1) is 11.2. The van der Waals surface area contributed by atoms with Crippen molar-refractivity contribution in [3.63, 3.8) is 0 Å². The second-order valence-corrected chi connectivity index (χ2v) is 6.60. The number of fused-ring (bicyclic) bond motifs is 1. The molecule has 1 N–H and O–H groups in total. The van der Waals surface area contributed by atoms with E-state index in [0.717, 1.165) is 17.4 Å². The van der Waals surface area contributed by atoms with E-state index in [1.54, 1.807) is 6.92 Å². The number of hydrogen-bond acceptors (Lipinski definition) is 4. The lowest BCUT2D eigenvalue weighted by molar-refractivity contribution is -0.142. The number of nitrogens with zero attached hydrogens (tertiary/aromatic N) is 2. The average Bonchev–Trinajstić information content (AvgIpc) is 3.10. The van der Waals surface area contributed by atoms with Crippen molar-refractivity contribution in [3.8, 4) is 0 Å². The number of amides is 1. The largest absolute Gasteiger partial charge is 0.480 e. The number of carboxylic acid groups (broad SMARTS) is 1. The highest BCUT2D eigenvalue weighted by atomic mass is 32.1. The predicted octanol–water partition coefficient (Wildman–Crippen LogP) is 3.31. The van der Waals surface area contributed by atoms with Crippen molar-refractivity contribution in [1.29, 1.82) is 0 Å². The van der Waals surface area contributed by atoms with Crippen molar-refractivity contribution in [2.24, 2.45) is 0 Å². The minimum Gasteiger partial charge on any atom is -0.480 e. The lowest BCUT2D eigenvalue weighted by Gasteiger charge is -2.20. The number of rotatable bonds is 2. The lowest BCUT2D eigenvalue weighted by Crippen LogP contribution is -2.40. The average molecular weight is 358 g/mol. The van der Waals surface area contributed by atoms with Crippen LogP contribution >= 0.6 is 11.3 Å². The zero-order chi connectivity index (χ0) is 17.6. The fourth-order valence-electron chi connectivity index (χ4n) is 2.86. The number of alkyl halides is 3. The maximum Gasteiger partial charge on any atom is 0.433 e. The quantitative estimate of drug-likeness (QED) is 0.894. The molecule has 9 heteroatoms. The van der Waals surface area contributed by atoms with Crippen LogP contribution in [-0.2, 0) is 11.0 Å². The van der Waals surface area contributed by atoms with Gasteiger partial charge in [-0.25, -0.2) is 9.78 Å². The fraction of sp³-hybridized carbons (Fsp3) is 0.400. The van der Waals surface area contributed by atoms with E-state index < -0.39 is 29.8 Å². The monoisotopic (exact) mass is 358 g/mol. The van der Waals surface area contributed by atoms with Crippen molar-refractivity contribution in [3.05, 3.63) is 28.3 Å². The minimum absolute atomic E-state index is 0.122. The van der Waals surface area contributed by atoms with Crippen molar-refractivity contribution in [1.82, 2.24) is 9.88 Å². The molecule has 128 valence electrons. The van der Waals surface area contributed by atoms with E-state index in [9.17, 15) is 27.9 Å². The summed E-state index contributed by atoms with van der Waals surface area (Å²) in [5, 5.41) is 9.66. The highest BCUT2D eigenvalue weighted by Gasteiger charge is 2.36. The summed E-state index contributed by atoms with van der Waals surface area (Å²) in [6.07, 6.45) is -3.59. The zero-order valence-corrected chi connectivity index (χ0v) is 13.4. The van der Waals surface area contributed by atoms with E-state index in [1.807, 2.05) is 0 Å². The van der Waals surface area contributed by atoms with Crippen molar-refractivity contribution in [2.75, 3.05) is 6.54 Å². The number of carbonyl (C=O) groups excluding carboxylic acids is 1. The van der Waals surface area contributed by atoms with Crippen LogP contribution in [0.3, 0.4) is 0 Å². The van der Waals surface area contributed by atoms with Crippen LogP contribution in [0.4, 0.5) is 13.2 Å². The third kappa shape index (κ3) is 2.72. The Morgan fingerprint density at radius 2 is 2.08 bits per heavy atom. The number of carboxylic acids is 1. The van der Waals surface area contributed by atoms with E-state index in [-0.39, 0.29) is 9.71 Å². The molecule has 0 saturated carbocycles. The molecule has 1 aliphatic rings. The summed E-state index contributed by atoms with van der Waals surface area (Å²) in [4.78, 5) is 29.1. The molecule has 5 nitrogen and oxygen atoms in total. The van der Waals surface area contributed by atoms with Crippen molar-refractivity contribution >= 4 is 33.4 Å². The molecule has 1 unspecified atom stereocenters. The molecule has 1 atom stereocenters. The Kier molecular flexibility index (Phi) is 3.98. The molecule has 2 aromatic heterocycles. The number of aromatic nitrogens is 1. The molecule has 0 aromatic carbocycles. The molecule has 1 fully saturated rings. The normalized spacial score (nSPS) is 18.3. The maximum absolute atomic E-state index is 12.8. The number of aliphatic carboxylic acids is 1. The highest BCUT2D eigenvalue weighted by Crippen LogP contribution is 2.35. The number of halogens is 3. The summed E-state index contributed by atoms with van der Waals surface area (Å²) < 4.78 is 38.3. The number of likely N-dealkylation sites (tertiary alicyclic amines) is 1. The first-order valence-corrected chi connectivity index (χ1v) is 8.03. The van der Waals surface area contributed by atoms with Gasteiger partial charge >= 0.3 is 12.1 Å². The molecule has 0 spiro atoms. The maximum atomic E-state index is 12.8. The molecule has 0 bridgehead atoms. The molecule has 0 aliphatic carbocycles. The van der Waals surface area contributed by atoms with Gasteiger partial charge in [-0.05, 0) is 37.5 Å². The molecule has 2 aromatic rings. The van der Waals surface area contributed by atoms with Crippen LogP contribution in [-0.4, -0.2) is 39.5 Å². The van der Waals surface area contributed by atoms with E-state index in [4.69, 9.17) is 0 Å². The lowest BCUT2D eigenvalue weighted by atomic mass is 10.1.